The van der Waals surface area contributed by atoms with Crippen molar-refractivity contribution in [1.29, 1.82) is 0 Å². The largest absolute Gasteiger partial charge is 0.497 e. The number of aromatic nitrogens is 2. The smallest absolute Gasteiger partial charge is 0.340 e. The van der Waals surface area contributed by atoms with Crippen LogP contribution in [0.4, 0.5) is 0 Å². The van der Waals surface area contributed by atoms with Gasteiger partial charge < -0.3 is 24.3 Å². The quantitative estimate of drug-likeness (QED) is 0.514. The van der Waals surface area contributed by atoms with E-state index in [-0.39, 0.29) is 11.9 Å². The van der Waals surface area contributed by atoms with Crippen molar-refractivity contribution < 1.29 is 19.1 Å². The predicted octanol–water partition coefficient (Wildman–Crippen LogP) is 3.48. The predicted molar refractivity (Wildman–Crippen MR) is 130 cm³/mol. The zero-order valence-corrected chi connectivity index (χ0v) is 20.0. The summed E-state index contributed by atoms with van der Waals surface area (Å²) in [5.74, 6) is 0.496. The number of methoxy groups -OCH3 is 2. The summed E-state index contributed by atoms with van der Waals surface area (Å²) < 4.78 is 12.3. The molecule has 0 bridgehead atoms. The van der Waals surface area contributed by atoms with Crippen LogP contribution < -0.4 is 10.1 Å². The summed E-state index contributed by atoms with van der Waals surface area (Å²) in [6.07, 6.45) is 2.68. The van der Waals surface area contributed by atoms with Gasteiger partial charge in [-0.1, -0.05) is 25.1 Å². The normalized spacial score (nSPS) is 14.2. The van der Waals surface area contributed by atoms with Crippen LogP contribution in [0.15, 0.2) is 42.5 Å². The molecule has 0 saturated carbocycles. The van der Waals surface area contributed by atoms with Crippen molar-refractivity contribution in [3.63, 3.8) is 0 Å². The lowest BCUT2D eigenvalue weighted by Crippen LogP contribution is -2.47. The SMILES string of the molecule is CCCN(C(=O)c1nc2cccc(C(=O)OC)c2n1Cc1cccc(OC)c1)C1CCNCC1. The number of fused-ring (bicyclic) bond motifs is 1. The number of nitrogens with one attached hydrogen (secondary N) is 1. The maximum atomic E-state index is 14.0. The summed E-state index contributed by atoms with van der Waals surface area (Å²) in [7, 11) is 2.98. The van der Waals surface area contributed by atoms with E-state index in [1.807, 2.05) is 39.8 Å². The van der Waals surface area contributed by atoms with Crippen LogP contribution in [0.3, 0.4) is 0 Å². The number of rotatable bonds is 8. The number of hydrogen-bond acceptors (Lipinski definition) is 6. The van der Waals surface area contributed by atoms with E-state index in [1.165, 1.54) is 7.11 Å². The Balaban J connectivity index is 1.85. The van der Waals surface area contributed by atoms with Gasteiger partial charge in [0.25, 0.3) is 5.91 Å². The van der Waals surface area contributed by atoms with Gasteiger partial charge in [-0.25, -0.2) is 9.78 Å². The Kier molecular flexibility index (Phi) is 7.47. The highest BCUT2D eigenvalue weighted by Gasteiger charge is 2.30. The van der Waals surface area contributed by atoms with Crippen LogP contribution in [0.2, 0.25) is 0 Å². The monoisotopic (exact) mass is 464 g/mol. The Labute approximate surface area is 199 Å². The lowest BCUT2D eigenvalue weighted by molar-refractivity contribution is 0.0597. The summed E-state index contributed by atoms with van der Waals surface area (Å²) in [6.45, 7) is 4.90. The molecule has 2 heterocycles. The van der Waals surface area contributed by atoms with Crippen LogP contribution in [0.1, 0.15) is 52.7 Å². The number of piperidine rings is 1. The van der Waals surface area contributed by atoms with Crippen LogP contribution in [-0.4, -0.2) is 66.2 Å². The highest BCUT2D eigenvalue weighted by molar-refractivity contribution is 6.04. The molecule has 0 unspecified atom stereocenters. The molecule has 1 fully saturated rings. The molecule has 0 atom stereocenters. The molecular formula is C26H32N4O4. The summed E-state index contributed by atoms with van der Waals surface area (Å²) in [5, 5.41) is 3.37. The Hall–Kier alpha value is -3.39. The zero-order valence-electron chi connectivity index (χ0n) is 20.0. The molecular weight excluding hydrogens is 432 g/mol. The van der Waals surface area contributed by atoms with E-state index < -0.39 is 5.97 Å². The number of esters is 1. The van der Waals surface area contributed by atoms with Crippen molar-refractivity contribution in [2.75, 3.05) is 33.9 Å². The minimum atomic E-state index is -0.458. The van der Waals surface area contributed by atoms with E-state index in [0.29, 0.717) is 35.5 Å². The third-order valence-electron chi connectivity index (χ3n) is 6.31. The van der Waals surface area contributed by atoms with Crippen LogP contribution in [0, 0.1) is 0 Å². The van der Waals surface area contributed by atoms with Crippen molar-refractivity contribution in [1.82, 2.24) is 19.8 Å². The minimum absolute atomic E-state index is 0.108. The molecule has 1 saturated heterocycles. The average molecular weight is 465 g/mol. The highest BCUT2D eigenvalue weighted by atomic mass is 16.5. The molecule has 0 aliphatic carbocycles. The number of hydrogen-bond donors (Lipinski definition) is 1. The van der Waals surface area contributed by atoms with E-state index in [0.717, 1.165) is 43.7 Å². The van der Waals surface area contributed by atoms with Gasteiger partial charge in [0.1, 0.15) is 5.75 Å². The van der Waals surface area contributed by atoms with Crippen molar-refractivity contribution in [3.8, 4) is 5.75 Å². The first-order chi connectivity index (χ1) is 16.6. The van der Waals surface area contributed by atoms with Crippen molar-refractivity contribution >= 4 is 22.9 Å². The Bertz CT molecular complexity index is 1170. The number of benzene rings is 2. The van der Waals surface area contributed by atoms with Crippen LogP contribution >= 0.6 is 0 Å². The van der Waals surface area contributed by atoms with Crippen LogP contribution in [0.5, 0.6) is 5.75 Å². The standard InChI is InChI=1S/C26H32N4O4/c1-4-15-29(19-11-13-27-14-12-19)25(31)24-28-22-10-6-9-21(26(32)34-3)23(22)30(24)17-18-7-5-8-20(16-18)33-2/h5-10,16,19,27H,4,11-15,17H2,1-3H3. The molecule has 1 aliphatic heterocycles. The Morgan fingerprint density at radius 1 is 1.15 bits per heavy atom. The molecule has 2 aromatic carbocycles. The van der Waals surface area contributed by atoms with Gasteiger partial charge in [-0.3, -0.25) is 4.79 Å². The minimum Gasteiger partial charge on any atom is -0.497 e. The Morgan fingerprint density at radius 2 is 1.91 bits per heavy atom. The van der Waals surface area contributed by atoms with Gasteiger partial charge in [0, 0.05) is 12.6 Å². The number of amides is 1. The Morgan fingerprint density at radius 3 is 2.62 bits per heavy atom. The fourth-order valence-electron chi connectivity index (χ4n) is 4.67. The van der Waals surface area contributed by atoms with Crippen molar-refractivity contribution in [2.45, 2.75) is 38.8 Å². The fourth-order valence-corrected chi connectivity index (χ4v) is 4.67. The summed E-state index contributed by atoms with van der Waals surface area (Å²) in [4.78, 5) is 33.3. The van der Waals surface area contributed by atoms with Gasteiger partial charge in [0.05, 0.1) is 37.4 Å². The molecule has 1 N–H and O–H groups in total. The van der Waals surface area contributed by atoms with Gasteiger partial charge in [-0.15, -0.1) is 0 Å². The molecule has 8 heteroatoms. The lowest BCUT2D eigenvalue weighted by Gasteiger charge is -2.34. The lowest BCUT2D eigenvalue weighted by atomic mass is 10.0. The van der Waals surface area contributed by atoms with Crippen LogP contribution in [-0.2, 0) is 11.3 Å². The maximum absolute atomic E-state index is 14.0. The second-order valence-corrected chi connectivity index (χ2v) is 8.52. The molecule has 180 valence electrons. The first-order valence-electron chi connectivity index (χ1n) is 11.8. The van der Waals surface area contributed by atoms with Gasteiger partial charge in [0.2, 0.25) is 5.82 Å². The van der Waals surface area contributed by atoms with Crippen molar-refractivity contribution in [2.24, 2.45) is 0 Å². The molecule has 0 radical (unpaired) electrons. The second-order valence-electron chi connectivity index (χ2n) is 8.52. The topological polar surface area (TPSA) is 85.7 Å². The maximum Gasteiger partial charge on any atom is 0.340 e. The van der Waals surface area contributed by atoms with E-state index in [4.69, 9.17) is 14.5 Å². The fraction of sp³-hybridized carbons (Fsp3) is 0.423. The second kappa shape index (κ2) is 10.7. The first kappa shape index (κ1) is 23.8. The van der Waals surface area contributed by atoms with E-state index in [1.54, 1.807) is 19.2 Å². The average Bonchev–Trinajstić information content (AvgIpc) is 3.25. The third kappa shape index (κ3) is 4.77. The summed E-state index contributed by atoms with van der Waals surface area (Å²) >= 11 is 0. The van der Waals surface area contributed by atoms with E-state index >= 15 is 0 Å². The third-order valence-corrected chi connectivity index (χ3v) is 6.31. The first-order valence-corrected chi connectivity index (χ1v) is 11.8. The van der Waals surface area contributed by atoms with E-state index in [2.05, 4.69) is 12.2 Å². The number of nitrogens with zero attached hydrogens (tertiary/aromatic N) is 3. The van der Waals surface area contributed by atoms with Gasteiger partial charge >= 0.3 is 5.97 Å². The molecule has 0 spiro atoms. The van der Waals surface area contributed by atoms with Gasteiger partial charge in [-0.2, -0.15) is 0 Å². The van der Waals surface area contributed by atoms with Crippen molar-refractivity contribution in [3.05, 3.63) is 59.4 Å². The number of carbonyl (C=O) groups is 2. The molecule has 34 heavy (non-hydrogen) atoms. The molecule has 8 nitrogen and oxygen atoms in total. The van der Waals surface area contributed by atoms with Gasteiger partial charge in [-0.05, 0) is 62.2 Å². The number of para-hydroxylation sites is 1. The molecule has 3 aromatic rings. The summed E-state index contributed by atoms with van der Waals surface area (Å²) in [5.41, 5.74) is 2.52. The van der Waals surface area contributed by atoms with Gasteiger partial charge in [0.15, 0.2) is 0 Å². The molecule has 4 rings (SSSR count). The number of imidazole rings is 1. The number of carbonyl (C=O) groups excluding carboxylic acids is 2. The zero-order chi connectivity index (χ0) is 24.1. The summed E-state index contributed by atoms with van der Waals surface area (Å²) in [6, 6.07) is 13.2. The molecule has 1 aliphatic rings. The van der Waals surface area contributed by atoms with Crippen LogP contribution in [0.25, 0.3) is 11.0 Å². The molecule has 1 amide bonds. The molecule has 1 aromatic heterocycles. The highest BCUT2D eigenvalue weighted by Crippen LogP contribution is 2.26. The van der Waals surface area contributed by atoms with E-state index in [9.17, 15) is 9.59 Å². The number of ether oxygens (including phenoxy) is 2.